The molecule has 0 unspecified atom stereocenters. The van der Waals surface area contributed by atoms with E-state index < -0.39 is 25.0 Å². The van der Waals surface area contributed by atoms with Crippen LogP contribution in [0.1, 0.15) is 5.56 Å². The first-order chi connectivity index (χ1) is 12.9. The normalized spacial score (nSPS) is 10.6. The van der Waals surface area contributed by atoms with Crippen LogP contribution in [0.3, 0.4) is 0 Å². The van der Waals surface area contributed by atoms with Gasteiger partial charge in [-0.15, -0.1) is 0 Å². The van der Waals surface area contributed by atoms with E-state index in [1.54, 1.807) is 24.3 Å². The number of carbonyl (C=O) groups excluding carboxylic acids is 1. The van der Waals surface area contributed by atoms with Crippen LogP contribution in [0.15, 0.2) is 42.5 Å². The van der Waals surface area contributed by atoms with Gasteiger partial charge in [-0.3, -0.25) is 0 Å². The zero-order chi connectivity index (χ0) is 19.8. The van der Waals surface area contributed by atoms with E-state index in [4.69, 9.17) is 4.74 Å². The fraction of sp³-hybridized carbons (Fsp3) is 0.235. The van der Waals surface area contributed by atoms with Crippen molar-refractivity contribution < 1.29 is 36.6 Å². The Balaban J connectivity index is 2.01. The standard InChI is InChI=1S/C17H16F4N2O4/c1-25-11-4-2-10(3-5-11)9-22-17(24)23-13-7-6-12(26-15(18)19)8-14(13)27-16(20)21/h2-8,15-16H,9H2,1H3,(H2,22,23,24). The predicted molar refractivity (Wildman–Crippen MR) is 88.6 cm³/mol. The van der Waals surface area contributed by atoms with Crippen molar-refractivity contribution >= 4 is 11.7 Å². The number of carbonyl (C=O) groups is 1. The molecule has 2 aromatic rings. The Bertz CT molecular complexity index is 757. The minimum absolute atomic E-state index is 0.135. The second-order valence-corrected chi connectivity index (χ2v) is 5.07. The summed E-state index contributed by atoms with van der Waals surface area (Å²) in [7, 11) is 1.53. The number of ether oxygens (including phenoxy) is 3. The van der Waals surface area contributed by atoms with Gasteiger partial charge in [0.15, 0.2) is 5.75 Å². The highest BCUT2D eigenvalue weighted by molar-refractivity contribution is 5.91. The molecular weight excluding hydrogens is 372 g/mol. The summed E-state index contributed by atoms with van der Waals surface area (Å²) in [4.78, 5) is 12.0. The Labute approximate surface area is 152 Å². The number of nitrogens with one attached hydrogen (secondary N) is 2. The SMILES string of the molecule is COc1ccc(CNC(=O)Nc2ccc(OC(F)F)cc2OC(F)F)cc1. The highest BCUT2D eigenvalue weighted by Gasteiger charge is 2.15. The number of amides is 2. The summed E-state index contributed by atoms with van der Waals surface area (Å²) in [6, 6.07) is 9.23. The second kappa shape index (κ2) is 9.51. The molecule has 146 valence electrons. The summed E-state index contributed by atoms with van der Waals surface area (Å²) < 4.78 is 62.9. The van der Waals surface area contributed by atoms with E-state index in [2.05, 4.69) is 20.1 Å². The molecule has 2 rings (SSSR count). The molecule has 2 N–H and O–H groups in total. The van der Waals surface area contributed by atoms with Crippen LogP contribution in [0, 0.1) is 0 Å². The zero-order valence-electron chi connectivity index (χ0n) is 14.0. The fourth-order valence-electron chi connectivity index (χ4n) is 2.07. The van der Waals surface area contributed by atoms with Crippen LogP contribution in [-0.4, -0.2) is 26.4 Å². The van der Waals surface area contributed by atoms with Gasteiger partial charge in [0, 0.05) is 12.6 Å². The van der Waals surface area contributed by atoms with Crippen LogP contribution in [0.25, 0.3) is 0 Å². The van der Waals surface area contributed by atoms with Crippen molar-refractivity contribution in [2.75, 3.05) is 12.4 Å². The molecule has 0 fully saturated rings. The molecule has 0 saturated carbocycles. The van der Waals surface area contributed by atoms with Gasteiger partial charge >= 0.3 is 19.3 Å². The average Bonchev–Trinajstić information content (AvgIpc) is 2.61. The van der Waals surface area contributed by atoms with Crippen LogP contribution in [0.5, 0.6) is 17.2 Å². The van der Waals surface area contributed by atoms with E-state index >= 15 is 0 Å². The number of hydrogen-bond acceptors (Lipinski definition) is 4. The maximum Gasteiger partial charge on any atom is 0.387 e. The number of benzene rings is 2. The quantitative estimate of drug-likeness (QED) is 0.665. The molecule has 27 heavy (non-hydrogen) atoms. The topological polar surface area (TPSA) is 68.8 Å². The van der Waals surface area contributed by atoms with Crippen molar-refractivity contribution in [2.24, 2.45) is 0 Å². The first-order valence-corrected chi connectivity index (χ1v) is 7.59. The molecule has 0 heterocycles. The van der Waals surface area contributed by atoms with Crippen molar-refractivity contribution in [3.05, 3.63) is 48.0 Å². The molecule has 0 bridgehead atoms. The first kappa shape index (κ1) is 20.1. The maximum absolute atomic E-state index is 12.5. The molecule has 0 aromatic heterocycles. The number of anilines is 1. The van der Waals surface area contributed by atoms with Crippen molar-refractivity contribution in [3.63, 3.8) is 0 Å². The molecule has 0 spiro atoms. The van der Waals surface area contributed by atoms with Gasteiger partial charge < -0.3 is 24.8 Å². The highest BCUT2D eigenvalue weighted by Crippen LogP contribution is 2.31. The summed E-state index contributed by atoms with van der Waals surface area (Å²) >= 11 is 0. The van der Waals surface area contributed by atoms with Gasteiger partial charge in [-0.2, -0.15) is 17.6 Å². The van der Waals surface area contributed by atoms with E-state index in [1.165, 1.54) is 7.11 Å². The van der Waals surface area contributed by atoms with Gasteiger partial charge in [0.25, 0.3) is 0 Å². The Kier molecular flexibility index (Phi) is 7.09. The molecule has 0 atom stereocenters. The molecular formula is C17H16F4N2O4. The number of halogens is 4. The number of urea groups is 1. The molecule has 6 nitrogen and oxygen atoms in total. The third-order valence-electron chi connectivity index (χ3n) is 3.25. The van der Waals surface area contributed by atoms with Gasteiger partial charge in [0.1, 0.15) is 11.5 Å². The lowest BCUT2D eigenvalue weighted by molar-refractivity contribution is -0.0539. The Morgan fingerprint density at radius 1 is 0.963 bits per heavy atom. The summed E-state index contributed by atoms with van der Waals surface area (Å²) in [5.74, 6) is -0.240. The number of alkyl halides is 4. The van der Waals surface area contributed by atoms with Crippen molar-refractivity contribution in [2.45, 2.75) is 19.8 Å². The largest absolute Gasteiger partial charge is 0.497 e. The van der Waals surface area contributed by atoms with Gasteiger partial charge in [-0.1, -0.05) is 12.1 Å². The van der Waals surface area contributed by atoms with Crippen LogP contribution in [0.4, 0.5) is 28.0 Å². The fourth-order valence-corrected chi connectivity index (χ4v) is 2.07. The van der Waals surface area contributed by atoms with Crippen molar-refractivity contribution in [1.82, 2.24) is 5.32 Å². The van der Waals surface area contributed by atoms with E-state index in [0.29, 0.717) is 5.75 Å². The molecule has 2 aromatic carbocycles. The van der Waals surface area contributed by atoms with Gasteiger partial charge in [0.05, 0.1) is 12.8 Å². The highest BCUT2D eigenvalue weighted by atomic mass is 19.3. The minimum atomic E-state index is -3.21. The smallest absolute Gasteiger partial charge is 0.387 e. The molecule has 0 aliphatic rings. The molecule has 10 heteroatoms. The van der Waals surface area contributed by atoms with E-state index in [-0.39, 0.29) is 18.0 Å². The molecule has 2 amide bonds. The van der Waals surface area contributed by atoms with E-state index in [9.17, 15) is 22.4 Å². The molecule has 0 aliphatic heterocycles. The second-order valence-electron chi connectivity index (χ2n) is 5.07. The minimum Gasteiger partial charge on any atom is -0.497 e. The number of methoxy groups -OCH3 is 1. The lowest BCUT2D eigenvalue weighted by atomic mass is 10.2. The molecule has 0 aliphatic carbocycles. The van der Waals surface area contributed by atoms with Gasteiger partial charge in [0.2, 0.25) is 0 Å². The first-order valence-electron chi connectivity index (χ1n) is 7.59. The number of hydrogen-bond donors (Lipinski definition) is 2. The summed E-state index contributed by atoms with van der Waals surface area (Å²) in [6.45, 7) is -6.18. The van der Waals surface area contributed by atoms with E-state index in [0.717, 1.165) is 23.8 Å². The average molecular weight is 388 g/mol. The predicted octanol–water partition coefficient (Wildman–Crippen LogP) is 4.22. The van der Waals surface area contributed by atoms with Crippen molar-refractivity contribution in [3.8, 4) is 17.2 Å². The Hall–Kier alpha value is -3.17. The van der Waals surface area contributed by atoms with Crippen LogP contribution in [0.2, 0.25) is 0 Å². The Morgan fingerprint density at radius 2 is 1.59 bits per heavy atom. The lowest BCUT2D eigenvalue weighted by Crippen LogP contribution is -2.28. The maximum atomic E-state index is 12.5. The molecule has 0 radical (unpaired) electrons. The van der Waals surface area contributed by atoms with Crippen LogP contribution < -0.4 is 24.8 Å². The lowest BCUT2D eigenvalue weighted by Gasteiger charge is -2.14. The van der Waals surface area contributed by atoms with E-state index in [1.807, 2.05) is 0 Å². The summed E-state index contributed by atoms with van der Waals surface area (Å²) in [5.41, 5.74) is 0.639. The Morgan fingerprint density at radius 3 is 2.19 bits per heavy atom. The summed E-state index contributed by atoms with van der Waals surface area (Å²) in [5, 5.41) is 4.84. The van der Waals surface area contributed by atoms with Crippen molar-refractivity contribution in [1.29, 1.82) is 0 Å². The zero-order valence-corrected chi connectivity index (χ0v) is 14.0. The van der Waals surface area contributed by atoms with Crippen LogP contribution in [-0.2, 0) is 6.54 Å². The third kappa shape index (κ3) is 6.57. The summed E-state index contributed by atoms with van der Waals surface area (Å²) in [6.07, 6.45) is 0. The third-order valence-corrected chi connectivity index (χ3v) is 3.25. The molecule has 0 saturated heterocycles. The number of rotatable bonds is 8. The van der Waals surface area contributed by atoms with Crippen LogP contribution >= 0.6 is 0 Å². The van der Waals surface area contributed by atoms with Gasteiger partial charge in [-0.05, 0) is 29.8 Å². The van der Waals surface area contributed by atoms with Gasteiger partial charge in [-0.25, -0.2) is 4.79 Å². The monoisotopic (exact) mass is 388 g/mol.